The van der Waals surface area contributed by atoms with E-state index in [4.69, 9.17) is 16.3 Å². The molecule has 5 heterocycles. The van der Waals surface area contributed by atoms with Gasteiger partial charge in [0.2, 0.25) is 5.88 Å². The lowest BCUT2D eigenvalue weighted by Crippen LogP contribution is -2.31. The van der Waals surface area contributed by atoms with Crippen LogP contribution in [0.5, 0.6) is 5.88 Å². The maximum absolute atomic E-state index is 13.7. The predicted molar refractivity (Wildman–Crippen MR) is 139 cm³/mol. The number of halogens is 1. The molecule has 0 spiro atoms. The van der Waals surface area contributed by atoms with Crippen LogP contribution < -0.4 is 15.4 Å². The highest BCUT2D eigenvalue weighted by Gasteiger charge is 2.27. The van der Waals surface area contributed by atoms with Gasteiger partial charge in [-0.1, -0.05) is 18.5 Å². The van der Waals surface area contributed by atoms with E-state index in [1.807, 2.05) is 19.9 Å². The van der Waals surface area contributed by atoms with Crippen LogP contribution in [0.4, 0.5) is 5.69 Å². The lowest BCUT2D eigenvalue weighted by Gasteiger charge is -2.24. The van der Waals surface area contributed by atoms with E-state index in [1.54, 1.807) is 48.4 Å². The topological polar surface area (TPSA) is 115 Å². The first kappa shape index (κ1) is 24.1. The number of aryl methyl sites for hydroxylation is 1. The SMILES string of the molecule is CCCNC(=O)c1c(NC(=O)c2cc(OC3CSC3)nn2-c2ncccc2Cl)c(C)cc2ccnn12. The number of thioether (sulfide) groups is 1. The number of amides is 2. The summed E-state index contributed by atoms with van der Waals surface area (Å²) in [4.78, 5) is 31.1. The molecule has 1 aliphatic heterocycles. The van der Waals surface area contributed by atoms with Crippen LogP contribution in [0.2, 0.25) is 5.02 Å². The number of rotatable bonds is 8. The molecule has 0 aromatic carbocycles. The highest BCUT2D eigenvalue weighted by molar-refractivity contribution is 8.00. The first-order valence-electron chi connectivity index (χ1n) is 11.5. The minimum atomic E-state index is -0.499. The molecule has 1 fully saturated rings. The number of carbonyl (C=O) groups excluding carboxylic acids is 2. The fourth-order valence-corrected chi connectivity index (χ4v) is 4.56. The molecule has 2 N–H and O–H groups in total. The molecule has 4 aromatic rings. The number of hydrogen-bond donors (Lipinski definition) is 2. The van der Waals surface area contributed by atoms with Crippen LogP contribution in [-0.4, -0.2) is 60.3 Å². The number of carbonyl (C=O) groups is 2. The largest absolute Gasteiger partial charge is 0.472 e. The Hall–Kier alpha value is -3.57. The van der Waals surface area contributed by atoms with Gasteiger partial charge in [0.25, 0.3) is 11.8 Å². The van der Waals surface area contributed by atoms with Crippen molar-refractivity contribution in [3.63, 3.8) is 0 Å². The average molecular weight is 526 g/mol. The van der Waals surface area contributed by atoms with Gasteiger partial charge in [-0.15, -0.1) is 5.10 Å². The van der Waals surface area contributed by atoms with Gasteiger partial charge in [0.05, 0.1) is 22.4 Å². The fourth-order valence-electron chi connectivity index (χ4n) is 3.79. The van der Waals surface area contributed by atoms with E-state index in [0.29, 0.717) is 34.5 Å². The zero-order valence-electron chi connectivity index (χ0n) is 19.7. The summed E-state index contributed by atoms with van der Waals surface area (Å²) in [5, 5.41) is 14.9. The van der Waals surface area contributed by atoms with Gasteiger partial charge in [0, 0.05) is 30.3 Å². The first-order chi connectivity index (χ1) is 17.5. The third-order valence-electron chi connectivity index (χ3n) is 5.62. The summed E-state index contributed by atoms with van der Waals surface area (Å²) in [6.45, 7) is 4.29. The number of nitrogens with zero attached hydrogens (tertiary/aromatic N) is 5. The molecule has 12 heteroatoms. The van der Waals surface area contributed by atoms with Gasteiger partial charge in [-0.25, -0.2) is 14.2 Å². The number of fused-ring (bicyclic) bond motifs is 1. The van der Waals surface area contributed by atoms with Crippen molar-refractivity contribution in [2.24, 2.45) is 0 Å². The first-order valence-corrected chi connectivity index (χ1v) is 13.0. The van der Waals surface area contributed by atoms with Crippen LogP contribution in [0.1, 0.15) is 39.9 Å². The van der Waals surface area contributed by atoms with Crippen molar-refractivity contribution in [3.05, 3.63) is 64.7 Å². The summed E-state index contributed by atoms with van der Waals surface area (Å²) in [5.41, 5.74) is 2.20. The Kier molecular flexibility index (Phi) is 6.84. The molecular weight excluding hydrogens is 502 g/mol. The van der Waals surface area contributed by atoms with Gasteiger partial charge in [-0.3, -0.25) is 9.59 Å². The van der Waals surface area contributed by atoms with Crippen LogP contribution in [-0.2, 0) is 0 Å². The van der Waals surface area contributed by atoms with Gasteiger partial charge in [0.15, 0.2) is 11.5 Å². The Labute approximate surface area is 216 Å². The maximum Gasteiger partial charge on any atom is 0.274 e. The Bertz CT molecular complexity index is 1450. The number of nitrogens with one attached hydrogen (secondary N) is 2. The van der Waals surface area contributed by atoms with E-state index >= 15 is 0 Å². The van der Waals surface area contributed by atoms with Gasteiger partial charge in [-0.2, -0.15) is 16.9 Å². The summed E-state index contributed by atoms with van der Waals surface area (Å²) in [6.07, 6.45) is 3.98. The van der Waals surface area contributed by atoms with E-state index in [9.17, 15) is 9.59 Å². The molecule has 186 valence electrons. The predicted octanol–water partition coefficient (Wildman–Crippen LogP) is 3.76. The molecule has 0 bridgehead atoms. The molecule has 0 radical (unpaired) electrons. The van der Waals surface area contributed by atoms with Crippen molar-refractivity contribution in [3.8, 4) is 11.7 Å². The van der Waals surface area contributed by atoms with E-state index in [-0.39, 0.29) is 23.4 Å². The molecule has 0 unspecified atom stereocenters. The molecule has 5 rings (SSSR count). The average Bonchev–Trinajstić information content (AvgIpc) is 3.47. The van der Waals surface area contributed by atoms with E-state index in [1.165, 1.54) is 9.20 Å². The van der Waals surface area contributed by atoms with Crippen molar-refractivity contribution in [2.75, 3.05) is 23.4 Å². The fraction of sp³-hybridized carbons (Fsp3) is 0.292. The minimum Gasteiger partial charge on any atom is -0.472 e. The van der Waals surface area contributed by atoms with Gasteiger partial charge >= 0.3 is 0 Å². The summed E-state index contributed by atoms with van der Waals surface area (Å²) in [5.74, 6) is 1.48. The van der Waals surface area contributed by atoms with Crippen LogP contribution in [0.15, 0.2) is 42.7 Å². The summed E-state index contributed by atoms with van der Waals surface area (Å²) in [6, 6.07) is 8.58. The second-order valence-corrected chi connectivity index (χ2v) is 9.78. The summed E-state index contributed by atoms with van der Waals surface area (Å²) < 4.78 is 8.80. The number of ether oxygens (including phenoxy) is 1. The Morgan fingerprint density at radius 2 is 2.06 bits per heavy atom. The monoisotopic (exact) mass is 525 g/mol. The maximum atomic E-state index is 13.7. The van der Waals surface area contributed by atoms with Crippen molar-refractivity contribution >= 4 is 46.4 Å². The van der Waals surface area contributed by atoms with E-state index in [2.05, 4.69) is 25.8 Å². The molecule has 2 amide bonds. The quantitative estimate of drug-likeness (QED) is 0.360. The highest BCUT2D eigenvalue weighted by atomic mass is 35.5. The number of aromatic nitrogens is 5. The highest BCUT2D eigenvalue weighted by Crippen LogP contribution is 2.28. The number of anilines is 1. The summed E-state index contributed by atoms with van der Waals surface area (Å²) in [7, 11) is 0. The minimum absolute atomic E-state index is 0.0341. The molecule has 1 aliphatic rings. The van der Waals surface area contributed by atoms with Crippen molar-refractivity contribution in [1.29, 1.82) is 0 Å². The molecule has 4 aromatic heterocycles. The molecule has 0 saturated carbocycles. The van der Waals surface area contributed by atoms with Crippen LogP contribution in [0.3, 0.4) is 0 Å². The van der Waals surface area contributed by atoms with Gasteiger partial charge in [0.1, 0.15) is 11.8 Å². The van der Waals surface area contributed by atoms with Crippen LogP contribution in [0, 0.1) is 6.92 Å². The third kappa shape index (κ3) is 4.63. The zero-order chi connectivity index (χ0) is 25.2. The standard InChI is InChI=1S/C24H24ClN7O3S/c1-3-7-27-24(34)21-20(14(2)10-15-6-9-28-31(15)21)29-23(33)18-11-19(35-16-12-36-13-16)30-32(18)22-17(25)5-4-8-26-22/h4-6,8-11,16H,3,7,12-13H2,1-2H3,(H,27,34)(H,29,33). The normalized spacial score (nSPS) is 13.4. The Morgan fingerprint density at radius 3 is 2.78 bits per heavy atom. The van der Waals surface area contributed by atoms with Crippen molar-refractivity contribution in [1.82, 2.24) is 29.7 Å². The van der Waals surface area contributed by atoms with E-state index < -0.39 is 5.91 Å². The Balaban J connectivity index is 1.55. The Morgan fingerprint density at radius 1 is 1.22 bits per heavy atom. The van der Waals surface area contributed by atoms with E-state index in [0.717, 1.165) is 23.4 Å². The second-order valence-electron chi connectivity index (χ2n) is 8.29. The van der Waals surface area contributed by atoms with Crippen LogP contribution in [0.25, 0.3) is 11.3 Å². The van der Waals surface area contributed by atoms with Gasteiger partial charge < -0.3 is 15.4 Å². The molecule has 0 aliphatic carbocycles. The zero-order valence-corrected chi connectivity index (χ0v) is 21.3. The van der Waals surface area contributed by atoms with Crippen molar-refractivity contribution in [2.45, 2.75) is 26.4 Å². The third-order valence-corrected chi connectivity index (χ3v) is 7.13. The lowest BCUT2D eigenvalue weighted by atomic mass is 10.1. The van der Waals surface area contributed by atoms with Crippen molar-refractivity contribution < 1.29 is 14.3 Å². The molecule has 36 heavy (non-hydrogen) atoms. The lowest BCUT2D eigenvalue weighted by molar-refractivity contribution is 0.0947. The summed E-state index contributed by atoms with van der Waals surface area (Å²) >= 11 is 8.16. The molecule has 0 atom stereocenters. The molecular formula is C24H24ClN7O3S. The second kappa shape index (κ2) is 10.2. The molecule has 10 nitrogen and oxygen atoms in total. The molecule has 1 saturated heterocycles. The van der Waals surface area contributed by atoms with Gasteiger partial charge in [-0.05, 0) is 43.2 Å². The smallest absolute Gasteiger partial charge is 0.274 e. The van der Waals surface area contributed by atoms with Crippen LogP contribution >= 0.6 is 23.4 Å². The number of hydrogen-bond acceptors (Lipinski definition) is 7. The number of pyridine rings is 2.